The van der Waals surface area contributed by atoms with E-state index in [1.165, 1.54) is 0 Å². The number of piperidine rings is 2. The Morgan fingerprint density at radius 1 is 1.12 bits per heavy atom. The van der Waals surface area contributed by atoms with Gasteiger partial charge in [0, 0.05) is 30.0 Å². The number of carbonyl (C=O) groups excluding carboxylic acids is 2. The average Bonchev–Trinajstić information content (AvgIpc) is 2.64. The minimum Gasteiger partial charge on any atom is -0.342 e. The minimum atomic E-state index is -0.0226. The first-order valence-corrected chi connectivity index (χ1v) is 9.49. The largest absolute Gasteiger partial charge is 0.342 e. The van der Waals surface area contributed by atoms with E-state index in [0.717, 1.165) is 48.9 Å². The zero-order valence-corrected chi connectivity index (χ0v) is 15.3. The summed E-state index contributed by atoms with van der Waals surface area (Å²) in [6, 6.07) is 7.62. The third-order valence-electron chi connectivity index (χ3n) is 4.96. The van der Waals surface area contributed by atoms with Gasteiger partial charge in [-0.15, -0.1) is 0 Å². The van der Waals surface area contributed by atoms with Crippen molar-refractivity contribution in [2.24, 2.45) is 11.8 Å². The summed E-state index contributed by atoms with van der Waals surface area (Å²) in [5.74, 6) is 0.398. The predicted molar refractivity (Wildman–Crippen MR) is 97.7 cm³/mol. The zero-order chi connectivity index (χ0) is 16.9. The topological polar surface area (TPSA) is 61.4 Å². The van der Waals surface area contributed by atoms with Gasteiger partial charge >= 0.3 is 0 Å². The summed E-state index contributed by atoms with van der Waals surface area (Å²) in [5.41, 5.74) is 0.800. The number of benzene rings is 1. The number of para-hydroxylation sites is 1. The maximum atomic E-state index is 12.5. The number of rotatable bonds is 3. The summed E-state index contributed by atoms with van der Waals surface area (Å²) in [6.07, 6.45) is 3.53. The number of halogens is 1. The highest BCUT2D eigenvalue weighted by Gasteiger charge is 2.31. The summed E-state index contributed by atoms with van der Waals surface area (Å²) in [4.78, 5) is 26.9. The lowest BCUT2D eigenvalue weighted by Gasteiger charge is -2.34. The van der Waals surface area contributed by atoms with E-state index in [-0.39, 0.29) is 23.7 Å². The van der Waals surface area contributed by atoms with Crippen molar-refractivity contribution in [3.63, 3.8) is 0 Å². The van der Waals surface area contributed by atoms with E-state index in [2.05, 4.69) is 26.6 Å². The lowest BCUT2D eigenvalue weighted by molar-refractivity contribution is -0.138. The van der Waals surface area contributed by atoms with E-state index in [1.54, 1.807) is 0 Å². The Balaban J connectivity index is 1.50. The summed E-state index contributed by atoms with van der Waals surface area (Å²) >= 11 is 3.45. The molecule has 1 aromatic carbocycles. The smallest absolute Gasteiger partial charge is 0.227 e. The van der Waals surface area contributed by atoms with Crippen LogP contribution in [-0.2, 0) is 9.59 Å². The molecule has 0 bridgehead atoms. The maximum absolute atomic E-state index is 12.5. The van der Waals surface area contributed by atoms with Crippen LogP contribution in [0.4, 0.5) is 5.69 Å². The Morgan fingerprint density at radius 3 is 2.54 bits per heavy atom. The average molecular weight is 394 g/mol. The van der Waals surface area contributed by atoms with Crippen molar-refractivity contribution in [3.05, 3.63) is 28.7 Å². The van der Waals surface area contributed by atoms with Gasteiger partial charge in [0.15, 0.2) is 0 Å². The van der Waals surface area contributed by atoms with Crippen molar-refractivity contribution < 1.29 is 9.59 Å². The normalized spacial score (nSPS) is 22.2. The fourth-order valence-corrected chi connectivity index (χ4v) is 3.86. The summed E-state index contributed by atoms with van der Waals surface area (Å²) in [5, 5.41) is 6.29. The minimum absolute atomic E-state index is 0.0226. The molecule has 130 valence electrons. The van der Waals surface area contributed by atoms with Crippen LogP contribution >= 0.6 is 15.9 Å². The van der Waals surface area contributed by atoms with Gasteiger partial charge in [-0.1, -0.05) is 12.1 Å². The van der Waals surface area contributed by atoms with E-state index in [0.29, 0.717) is 13.1 Å². The van der Waals surface area contributed by atoms with Crippen molar-refractivity contribution in [3.8, 4) is 0 Å². The second-order valence-corrected chi connectivity index (χ2v) is 7.47. The first-order chi connectivity index (χ1) is 11.6. The molecule has 2 heterocycles. The summed E-state index contributed by atoms with van der Waals surface area (Å²) in [7, 11) is 0. The van der Waals surface area contributed by atoms with Gasteiger partial charge in [0.05, 0.1) is 11.6 Å². The molecular weight excluding hydrogens is 370 g/mol. The number of likely N-dealkylation sites (tertiary alicyclic amines) is 1. The number of anilines is 1. The Hall–Kier alpha value is -1.40. The highest BCUT2D eigenvalue weighted by molar-refractivity contribution is 9.10. The van der Waals surface area contributed by atoms with Crippen molar-refractivity contribution in [1.29, 1.82) is 0 Å². The SMILES string of the molecule is O=C(Nc1ccccc1Br)C1CCN(C(=O)C2CCCNC2)CC1. The molecule has 6 heteroatoms. The Morgan fingerprint density at radius 2 is 1.88 bits per heavy atom. The standard InChI is InChI=1S/C18H24BrN3O2/c19-15-5-1-2-6-16(15)21-17(23)13-7-10-22(11-8-13)18(24)14-4-3-9-20-12-14/h1-2,5-6,13-14,20H,3-4,7-12H2,(H,21,23). The molecule has 24 heavy (non-hydrogen) atoms. The molecule has 0 spiro atoms. The molecule has 1 atom stereocenters. The number of nitrogens with one attached hydrogen (secondary N) is 2. The van der Waals surface area contributed by atoms with Crippen LogP contribution in [-0.4, -0.2) is 42.9 Å². The number of carbonyl (C=O) groups is 2. The van der Waals surface area contributed by atoms with E-state index >= 15 is 0 Å². The van der Waals surface area contributed by atoms with Gasteiger partial charge in [-0.3, -0.25) is 9.59 Å². The zero-order valence-electron chi connectivity index (χ0n) is 13.8. The molecule has 2 amide bonds. The molecule has 1 aromatic rings. The second-order valence-electron chi connectivity index (χ2n) is 6.61. The molecule has 2 fully saturated rings. The van der Waals surface area contributed by atoms with Gasteiger partial charge in [0.1, 0.15) is 0 Å². The Kier molecular flexibility index (Phi) is 5.89. The number of hydrogen-bond donors (Lipinski definition) is 2. The van der Waals surface area contributed by atoms with Crippen molar-refractivity contribution in [2.75, 3.05) is 31.5 Å². The molecule has 2 aliphatic rings. The van der Waals surface area contributed by atoms with Crippen LogP contribution in [0.25, 0.3) is 0 Å². The van der Waals surface area contributed by atoms with Gasteiger partial charge in [-0.25, -0.2) is 0 Å². The van der Waals surface area contributed by atoms with Gasteiger partial charge in [-0.2, -0.15) is 0 Å². The Bertz CT molecular complexity index is 594. The highest BCUT2D eigenvalue weighted by atomic mass is 79.9. The van der Waals surface area contributed by atoms with Gasteiger partial charge in [-0.05, 0) is 60.3 Å². The molecule has 0 saturated carbocycles. The second kappa shape index (κ2) is 8.12. The molecule has 0 aliphatic carbocycles. The summed E-state index contributed by atoms with van der Waals surface area (Å²) in [6.45, 7) is 3.18. The van der Waals surface area contributed by atoms with E-state index < -0.39 is 0 Å². The van der Waals surface area contributed by atoms with E-state index in [4.69, 9.17) is 0 Å². The van der Waals surface area contributed by atoms with Crippen LogP contribution in [0.2, 0.25) is 0 Å². The summed E-state index contributed by atoms with van der Waals surface area (Å²) < 4.78 is 0.885. The fraction of sp³-hybridized carbons (Fsp3) is 0.556. The molecule has 0 radical (unpaired) electrons. The Labute approximate surface area is 151 Å². The van der Waals surface area contributed by atoms with Crippen LogP contribution in [0, 0.1) is 11.8 Å². The van der Waals surface area contributed by atoms with Gasteiger partial charge < -0.3 is 15.5 Å². The van der Waals surface area contributed by atoms with Crippen LogP contribution in [0.5, 0.6) is 0 Å². The maximum Gasteiger partial charge on any atom is 0.227 e. The molecule has 0 aromatic heterocycles. The molecule has 2 aliphatic heterocycles. The number of amides is 2. The molecule has 1 unspecified atom stereocenters. The molecule has 5 nitrogen and oxygen atoms in total. The van der Waals surface area contributed by atoms with E-state index in [1.807, 2.05) is 29.2 Å². The van der Waals surface area contributed by atoms with Gasteiger partial charge in [0.2, 0.25) is 11.8 Å². The lowest BCUT2D eigenvalue weighted by Crippen LogP contribution is -2.47. The third-order valence-corrected chi connectivity index (χ3v) is 5.65. The molecule has 3 rings (SSSR count). The first kappa shape index (κ1) is 17.4. The van der Waals surface area contributed by atoms with Crippen molar-refractivity contribution >= 4 is 33.4 Å². The molecule has 2 N–H and O–H groups in total. The van der Waals surface area contributed by atoms with E-state index in [9.17, 15) is 9.59 Å². The first-order valence-electron chi connectivity index (χ1n) is 8.70. The van der Waals surface area contributed by atoms with Crippen LogP contribution in [0.1, 0.15) is 25.7 Å². The quantitative estimate of drug-likeness (QED) is 0.829. The number of nitrogens with zero attached hydrogens (tertiary/aromatic N) is 1. The third kappa shape index (κ3) is 4.16. The molecule has 2 saturated heterocycles. The predicted octanol–water partition coefficient (Wildman–Crippen LogP) is 2.63. The monoisotopic (exact) mass is 393 g/mol. The highest BCUT2D eigenvalue weighted by Crippen LogP contribution is 2.25. The molecular formula is C18H24BrN3O2. The van der Waals surface area contributed by atoms with Gasteiger partial charge in [0.25, 0.3) is 0 Å². The lowest BCUT2D eigenvalue weighted by atomic mass is 9.93. The van der Waals surface area contributed by atoms with Crippen LogP contribution < -0.4 is 10.6 Å². The van der Waals surface area contributed by atoms with Crippen LogP contribution in [0.15, 0.2) is 28.7 Å². The van der Waals surface area contributed by atoms with Crippen LogP contribution in [0.3, 0.4) is 0 Å². The van der Waals surface area contributed by atoms with Crippen molar-refractivity contribution in [2.45, 2.75) is 25.7 Å². The number of hydrogen-bond acceptors (Lipinski definition) is 3. The van der Waals surface area contributed by atoms with Crippen molar-refractivity contribution in [1.82, 2.24) is 10.2 Å². The fourth-order valence-electron chi connectivity index (χ4n) is 3.48.